The van der Waals surface area contributed by atoms with Gasteiger partial charge in [-0.15, -0.1) is 18.3 Å². The minimum absolute atomic E-state index is 0.0454. The lowest BCUT2D eigenvalue weighted by Gasteiger charge is -2.50. The van der Waals surface area contributed by atoms with Crippen molar-refractivity contribution in [1.82, 2.24) is 0 Å². The third-order valence-electron chi connectivity index (χ3n) is 3.79. The summed E-state index contributed by atoms with van der Waals surface area (Å²) in [6.45, 7) is 7.97. The van der Waals surface area contributed by atoms with Crippen LogP contribution in [0.4, 0.5) is 5.69 Å². The lowest BCUT2D eigenvalue weighted by atomic mass is 9.64. The Morgan fingerprint density at radius 2 is 2.22 bits per heavy atom. The average Bonchev–Trinajstić information content (AvgIpc) is 2.37. The molecule has 2 nitrogen and oxygen atoms in total. The van der Waals surface area contributed by atoms with Crippen LogP contribution in [0.5, 0.6) is 0 Å². The SMILES string of the molecule is C=CCSc1ccccc1NC1CC(O)C1(C)C. The highest BCUT2D eigenvalue weighted by atomic mass is 32.2. The molecule has 2 N–H and O–H groups in total. The van der Waals surface area contributed by atoms with Crippen molar-refractivity contribution in [1.29, 1.82) is 0 Å². The molecular weight excluding hydrogens is 242 g/mol. The van der Waals surface area contributed by atoms with E-state index in [1.54, 1.807) is 11.8 Å². The van der Waals surface area contributed by atoms with Crippen molar-refractivity contribution in [2.75, 3.05) is 11.1 Å². The van der Waals surface area contributed by atoms with Gasteiger partial charge in [-0.3, -0.25) is 0 Å². The lowest BCUT2D eigenvalue weighted by Crippen LogP contribution is -2.56. The fourth-order valence-electron chi connectivity index (χ4n) is 2.20. The first kappa shape index (κ1) is 13.5. The van der Waals surface area contributed by atoms with Crippen LogP contribution in [0.1, 0.15) is 20.3 Å². The van der Waals surface area contributed by atoms with Crippen molar-refractivity contribution in [3.8, 4) is 0 Å². The molecular formula is C15H21NOS. The zero-order valence-electron chi connectivity index (χ0n) is 11.0. The van der Waals surface area contributed by atoms with Crippen molar-refractivity contribution in [2.45, 2.75) is 37.3 Å². The Bertz CT molecular complexity index is 430. The summed E-state index contributed by atoms with van der Waals surface area (Å²) >= 11 is 1.78. The summed E-state index contributed by atoms with van der Waals surface area (Å²) in [5, 5.41) is 13.3. The Labute approximate surface area is 113 Å². The average molecular weight is 263 g/mol. The van der Waals surface area contributed by atoms with Crippen LogP contribution in [0.15, 0.2) is 41.8 Å². The first-order valence-corrected chi connectivity index (χ1v) is 7.31. The van der Waals surface area contributed by atoms with Gasteiger partial charge < -0.3 is 10.4 Å². The summed E-state index contributed by atoms with van der Waals surface area (Å²) in [6.07, 6.45) is 2.55. The quantitative estimate of drug-likeness (QED) is 0.629. The zero-order chi connectivity index (χ0) is 13.2. The number of hydrogen-bond donors (Lipinski definition) is 2. The predicted octanol–water partition coefficient (Wildman–Crippen LogP) is 3.54. The van der Waals surface area contributed by atoms with Crippen LogP contribution >= 0.6 is 11.8 Å². The van der Waals surface area contributed by atoms with Gasteiger partial charge in [-0.05, 0) is 18.6 Å². The first-order chi connectivity index (χ1) is 8.55. The molecule has 0 spiro atoms. The third kappa shape index (κ3) is 2.57. The number of rotatable bonds is 5. The van der Waals surface area contributed by atoms with Crippen molar-refractivity contribution in [2.24, 2.45) is 5.41 Å². The Kier molecular flexibility index (Phi) is 4.03. The molecule has 1 fully saturated rings. The van der Waals surface area contributed by atoms with Gasteiger partial charge in [0.15, 0.2) is 0 Å². The Morgan fingerprint density at radius 3 is 2.83 bits per heavy atom. The maximum atomic E-state index is 9.78. The highest BCUT2D eigenvalue weighted by Crippen LogP contribution is 2.43. The Morgan fingerprint density at radius 1 is 1.50 bits per heavy atom. The van der Waals surface area contributed by atoms with E-state index in [2.05, 4.69) is 43.9 Å². The van der Waals surface area contributed by atoms with Gasteiger partial charge in [-0.2, -0.15) is 0 Å². The molecule has 1 saturated carbocycles. The number of anilines is 1. The fourth-order valence-corrected chi connectivity index (χ4v) is 2.95. The van der Waals surface area contributed by atoms with E-state index in [1.807, 2.05) is 12.1 Å². The van der Waals surface area contributed by atoms with E-state index < -0.39 is 0 Å². The van der Waals surface area contributed by atoms with Crippen molar-refractivity contribution in [3.63, 3.8) is 0 Å². The largest absolute Gasteiger partial charge is 0.392 e. The monoisotopic (exact) mass is 263 g/mol. The molecule has 2 rings (SSSR count). The second kappa shape index (κ2) is 5.37. The van der Waals surface area contributed by atoms with E-state index in [9.17, 15) is 5.11 Å². The molecule has 98 valence electrons. The summed E-state index contributed by atoms with van der Waals surface area (Å²) in [4.78, 5) is 1.24. The molecule has 18 heavy (non-hydrogen) atoms. The fraction of sp³-hybridized carbons (Fsp3) is 0.467. The summed E-state index contributed by atoms with van der Waals surface area (Å²) in [6, 6.07) is 8.67. The van der Waals surface area contributed by atoms with Gasteiger partial charge in [-0.25, -0.2) is 0 Å². The second-order valence-electron chi connectivity index (χ2n) is 5.37. The van der Waals surface area contributed by atoms with Crippen LogP contribution in [-0.4, -0.2) is 23.0 Å². The van der Waals surface area contributed by atoms with Crippen molar-refractivity contribution in [3.05, 3.63) is 36.9 Å². The summed E-state index contributed by atoms with van der Waals surface area (Å²) in [5.41, 5.74) is 1.12. The Hall–Kier alpha value is -0.930. The van der Waals surface area contributed by atoms with E-state index in [1.165, 1.54) is 4.90 Å². The molecule has 2 unspecified atom stereocenters. The minimum Gasteiger partial charge on any atom is -0.392 e. The highest BCUT2D eigenvalue weighted by Gasteiger charge is 2.47. The standard InChI is InChI=1S/C15H21NOS/c1-4-9-18-12-8-6-5-7-11(12)16-13-10-14(17)15(13,2)3/h4-8,13-14,16-17H,1,9-10H2,2-3H3. The van der Waals surface area contributed by atoms with Crippen LogP contribution in [0, 0.1) is 5.41 Å². The van der Waals surface area contributed by atoms with Gasteiger partial charge in [0.2, 0.25) is 0 Å². The van der Waals surface area contributed by atoms with E-state index in [-0.39, 0.29) is 11.5 Å². The topological polar surface area (TPSA) is 32.3 Å². The minimum atomic E-state index is -0.192. The molecule has 2 atom stereocenters. The molecule has 0 heterocycles. The van der Waals surface area contributed by atoms with Gasteiger partial charge in [-0.1, -0.05) is 32.1 Å². The first-order valence-electron chi connectivity index (χ1n) is 6.33. The van der Waals surface area contributed by atoms with E-state index in [0.717, 1.165) is 17.9 Å². The third-order valence-corrected chi connectivity index (χ3v) is 4.86. The molecule has 1 aromatic rings. The summed E-state index contributed by atoms with van der Waals surface area (Å²) in [5.74, 6) is 0.912. The molecule has 0 aliphatic heterocycles. The summed E-state index contributed by atoms with van der Waals surface area (Å²) in [7, 11) is 0. The molecule has 0 saturated heterocycles. The molecule has 0 amide bonds. The van der Waals surface area contributed by atoms with Crippen molar-refractivity contribution >= 4 is 17.4 Å². The maximum Gasteiger partial charge on any atom is 0.0630 e. The molecule has 1 aromatic carbocycles. The van der Waals surface area contributed by atoms with Gasteiger partial charge in [0.1, 0.15) is 0 Å². The van der Waals surface area contributed by atoms with E-state index in [0.29, 0.717) is 6.04 Å². The van der Waals surface area contributed by atoms with Gasteiger partial charge in [0.05, 0.1) is 6.10 Å². The number of aliphatic hydroxyl groups is 1. The predicted molar refractivity (Wildman–Crippen MR) is 79.2 cm³/mol. The van der Waals surface area contributed by atoms with Crippen LogP contribution in [-0.2, 0) is 0 Å². The van der Waals surface area contributed by atoms with Gasteiger partial charge in [0.25, 0.3) is 0 Å². The normalized spacial score (nSPS) is 25.3. The molecule has 0 aromatic heterocycles. The molecule has 1 aliphatic carbocycles. The maximum absolute atomic E-state index is 9.78. The number of benzene rings is 1. The molecule has 3 heteroatoms. The van der Waals surface area contributed by atoms with Crippen LogP contribution in [0.25, 0.3) is 0 Å². The number of para-hydroxylation sites is 1. The van der Waals surface area contributed by atoms with Gasteiger partial charge >= 0.3 is 0 Å². The number of nitrogens with one attached hydrogen (secondary N) is 1. The number of aliphatic hydroxyl groups excluding tert-OH is 1. The molecule has 0 radical (unpaired) electrons. The zero-order valence-corrected chi connectivity index (χ0v) is 11.8. The highest BCUT2D eigenvalue weighted by molar-refractivity contribution is 7.99. The Balaban J connectivity index is 2.07. The lowest BCUT2D eigenvalue weighted by molar-refractivity contribution is -0.0511. The summed E-state index contributed by atoms with van der Waals surface area (Å²) < 4.78 is 0. The second-order valence-corrected chi connectivity index (χ2v) is 6.43. The van der Waals surface area contributed by atoms with E-state index >= 15 is 0 Å². The van der Waals surface area contributed by atoms with Crippen molar-refractivity contribution < 1.29 is 5.11 Å². The van der Waals surface area contributed by atoms with Crippen LogP contribution < -0.4 is 5.32 Å². The smallest absolute Gasteiger partial charge is 0.0630 e. The number of thioether (sulfide) groups is 1. The van der Waals surface area contributed by atoms with E-state index in [4.69, 9.17) is 0 Å². The number of hydrogen-bond acceptors (Lipinski definition) is 3. The van der Waals surface area contributed by atoms with Gasteiger partial charge in [0, 0.05) is 27.8 Å². The molecule has 0 bridgehead atoms. The van der Waals surface area contributed by atoms with Crippen LogP contribution in [0.2, 0.25) is 0 Å². The van der Waals surface area contributed by atoms with Crippen LogP contribution in [0.3, 0.4) is 0 Å². The molecule has 1 aliphatic rings.